The van der Waals surface area contributed by atoms with E-state index in [0.717, 1.165) is 10.6 Å². The van der Waals surface area contributed by atoms with Crippen molar-refractivity contribution in [3.63, 3.8) is 0 Å². The van der Waals surface area contributed by atoms with E-state index in [0.29, 0.717) is 15.7 Å². The van der Waals surface area contributed by atoms with Crippen molar-refractivity contribution in [3.8, 4) is 10.6 Å². The lowest BCUT2D eigenvalue weighted by atomic mass is 10.1. The summed E-state index contributed by atoms with van der Waals surface area (Å²) in [6.45, 7) is 3.42. The summed E-state index contributed by atoms with van der Waals surface area (Å²) in [5.74, 6) is 0. The first-order valence-electron chi connectivity index (χ1n) is 5.02. The third kappa shape index (κ3) is 2.80. The van der Waals surface area contributed by atoms with Gasteiger partial charge in [-0.2, -0.15) is 0 Å². The number of hydrogen-bond acceptors (Lipinski definition) is 3. The van der Waals surface area contributed by atoms with Gasteiger partial charge in [-0.05, 0) is 26.0 Å². The van der Waals surface area contributed by atoms with E-state index in [1.807, 2.05) is 11.4 Å². The quantitative estimate of drug-likeness (QED) is 0.891. The third-order valence-corrected chi connectivity index (χ3v) is 3.93. The van der Waals surface area contributed by atoms with E-state index >= 15 is 0 Å². The predicted molar refractivity (Wildman–Crippen MR) is 72.8 cm³/mol. The van der Waals surface area contributed by atoms with Gasteiger partial charge in [0, 0.05) is 10.9 Å². The van der Waals surface area contributed by atoms with E-state index in [4.69, 9.17) is 23.2 Å². The first-order chi connectivity index (χ1) is 7.88. The molecule has 0 atom stereocenters. The number of thiazole rings is 1. The summed E-state index contributed by atoms with van der Waals surface area (Å²) in [6, 6.07) is 5.38. The van der Waals surface area contributed by atoms with E-state index < -0.39 is 5.60 Å². The molecule has 1 aromatic heterocycles. The Morgan fingerprint density at radius 1 is 1.24 bits per heavy atom. The smallest absolute Gasteiger partial charge is 0.123 e. The van der Waals surface area contributed by atoms with Gasteiger partial charge in [0.15, 0.2) is 0 Å². The number of nitrogens with zero attached hydrogens (tertiary/aromatic N) is 1. The average molecular weight is 288 g/mol. The molecule has 2 nitrogen and oxygen atoms in total. The maximum absolute atomic E-state index is 9.84. The van der Waals surface area contributed by atoms with Crippen LogP contribution in [0.4, 0.5) is 0 Å². The van der Waals surface area contributed by atoms with Crippen molar-refractivity contribution in [3.05, 3.63) is 39.3 Å². The second-order valence-electron chi connectivity index (χ2n) is 4.23. The Labute approximate surface area is 114 Å². The van der Waals surface area contributed by atoms with Crippen LogP contribution in [0.15, 0.2) is 23.6 Å². The van der Waals surface area contributed by atoms with Gasteiger partial charge in [-0.1, -0.05) is 29.3 Å². The molecule has 17 heavy (non-hydrogen) atoms. The highest BCUT2D eigenvalue weighted by Gasteiger charge is 2.20. The highest BCUT2D eigenvalue weighted by Crippen LogP contribution is 2.32. The van der Waals surface area contributed by atoms with Gasteiger partial charge in [0.2, 0.25) is 0 Å². The lowest BCUT2D eigenvalue weighted by Gasteiger charge is -2.12. The van der Waals surface area contributed by atoms with Crippen LogP contribution in [0, 0.1) is 0 Å². The Morgan fingerprint density at radius 2 is 1.94 bits per heavy atom. The maximum Gasteiger partial charge on any atom is 0.123 e. The van der Waals surface area contributed by atoms with Crippen molar-refractivity contribution in [2.24, 2.45) is 0 Å². The Hall–Kier alpha value is -0.610. The Balaban J connectivity index is 2.40. The molecule has 0 aliphatic rings. The van der Waals surface area contributed by atoms with Crippen LogP contribution in [0.2, 0.25) is 10.0 Å². The minimum absolute atomic E-state index is 0.504. The first-order valence-corrected chi connectivity index (χ1v) is 6.65. The molecule has 2 aromatic rings. The molecule has 0 radical (unpaired) electrons. The Bertz CT molecular complexity index is 546. The molecule has 0 unspecified atom stereocenters. The topological polar surface area (TPSA) is 33.1 Å². The third-order valence-electron chi connectivity index (χ3n) is 2.30. The van der Waals surface area contributed by atoms with Crippen LogP contribution >= 0.6 is 34.5 Å². The highest BCUT2D eigenvalue weighted by atomic mass is 35.5. The molecule has 0 bridgehead atoms. The zero-order valence-corrected chi connectivity index (χ0v) is 11.7. The fourth-order valence-corrected chi connectivity index (χ4v) is 2.59. The number of hydrogen-bond donors (Lipinski definition) is 1. The molecule has 1 N–H and O–H groups in total. The first kappa shape index (κ1) is 12.8. The summed E-state index contributed by atoms with van der Waals surface area (Å²) in [4.78, 5) is 4.39. The molecule has 1 heterocycles. The van der Waals surface area contributed by atoms with Crippen molar-refractivity contribution in [2.45, 2.75) is 19.4 Å². The molecule has 0 fully saturated rings. The molecular formula is C12H11Cl2NOS. The van der Waals surface area contributed by atoms with Crippen LogP contribution in [0.5, 0.6) is 0 Å². The molecule has 0 aliphatic carbocycles. The standard InChI is InChI=1S/C12H11Cl2NOS/c1-12(2,16)10-6-17-11(15-10)7-3-4-8(13)9(14)5-7/h3-6,16H,1-2H3. The lowest BCUT2D eigenvalue weighted by molar-refractivity contribution is 0.0746. The highest BCUT2D eigenvalue weighted by molar-refractivity contribution is 7.13. The van der Waals surface area contributed by atoms with Crippen LogP contribution < -0.4 is 0 Å². The molecule has 5 heteroatoms. The summed E-state index contributed by atoms with van der Waals surface area (Å²) in [5, 5.41) is 13.5. The molecule has 0 spiro atoms. The van der Waals surface area contributed by atoms with Gasteiger partial charge in [-0.15, -0.1) is 11.3 Å². The maximum atomic E-state index is 9.84. The van der Waals surface area contributed by atoms with Crippen LogP contribution in [0.3, 0.4) is 0 Å². The molecule has 0 saturated carbocycles. The van der Waals surface area contributed by atoms with Gasteiger partial charge in [0.05, 0.1) is 15.7 Å². The summed E-state index contributed by atoms with van der Waals surface area (Å²) in [7, 11) is 0. The second-order valence-corrected chi connectivity index (χ2v) is 5.90. The number of benzene rings is 1. The number of halogens is 2. The van der Waals surface area contributed by atoms with E-state index in [1.54, 1.807) is 26.0 Å². The van der Waals surface area contributed by atoms with E-state index in [-0.39, 0.29) is 0 Å². The monoisotopic (exact) mass is 287 g/mol. The fourth-order valence-electron chi connectivity index (χ4n) is 1.32. The average Bonchev–Trinajstić information content (AvgIpc) is 2.70. The van der Waals surface area contributed by atoms with Crippen LogP contribution in [-0.4, -0.2) is 10.1 Å². The van der Waals surface area contributed by atoms with Crippen molar-refractivity contribution < 1.29 is 5.11 Å². The van der Waals surface area contributed by atoms with Gasteiger partial charge in [0.1, 0.15) is 10.6 Å². The van der Waals surface area contributed by atoms with Gasteiger partial charge >= 0.3 is 0 Å². The largest absolute Gasteiger partial charge is 0.384 e. The molecule has 1 aromatic carbocycles. The zero-order chi connectivity index (χ0) is 12.6. The number of rotatable bonds is 2. The molecule has 90 valence electrons. The van der Waals surface area contributed by atoms with Crippen molar-refractivity contribution in [1.82, 2.24) is 4.98 Å². The van der Waals surface area contributed by atoms with E-state index in [2.05, 4.69) is 4.98 Å². The number of aromatic nitrogens is 1. The van der Waals surface area contributed by atoms with Crippen LogP contribution in [0.1, 0.15) is 19.5 Å². The van der Waals surface area contributed by atoms with Crippen molar-refractivity contribution in [1.29, 1.82) is 0 Å². The summed E-state index contributed by atoms with van der Waals surface area (Å²) >= 11 is 13.3. The van der Waals surface area contributed by atoms with Crippen molar-refractivity contribution in [2.75, 3.05) is 0 Å². The molecule has 0 aliphatic heterocycles. The minimum atomic E-state index is -0.926. The van der Waals surface area contributed by atoms with Crippen LogP contribution in [0.25, 0.3) is 10.6 Å². The molecule has 0 amide bonds. The molecule has 2 rings (SSSR count). The number of aliphatic hydroxyl groups is 1. The minimum Gasteiger partial charge on any atom is -0.384 e. The normalized spacial score (nSPS) is 11.8. The van der Waals surface area contributed by atoms with Gasteiger partial charge < -0.3 is 5.11 Å². The second kappa shape index (κ2) is 4.58. The zero-order valence-electron chi connectivity index (χ0n) is 9.37. The fraction of sp³-hybridized carbons (Fsp3) is 0.250. The molecular weight excluding hydrogens is 277 g/mol. The Morgan fingerprint density at radius 3 is 2.47 bits per heavy atom. The van der Waals surface area contributed by atoms with Crippen molar-refractivity contribution >= 4 is 34.5 Å². The van der Waals surface area contributed by atoms with E-state index in [9.17, 15) is 5.11 Å². The lowest BCUT2D eigenvalue weighted by Crippen LogP contribution is -2.15. The Kier molecular flexibility index (Phi) is 3.46. The van der Waals surface area contributed by atoms with Crippen LogP contribution in [-0.2, 0) is 5.60 Å². The summed E-state index contributed by atoms with van der Waals surface area (Å²) < 4.78 is 0. The van der Waals surface area contributed by atoms with E-state index in [1.165, 1.54) is 11.3 Å². The van der Waals surface area contributed by atoms with Gasteiger partial charge in [-0.25, -0.2) is 4.98 Å². The summed E-state index contributed by atoms with van der Waals surface area (Å²) in [5.41, 5.74) is 0.633. The van der Waals surface area contributed by atoms with Gasteiger partial charge in [0.25, 0.3) is 0 Å². The SMILES string of the molecule is CC(C)(O)c1csc(-c2ccc(Cl)c(Cl)c2)n1. The summed E-state index contributed by atoms with van der Waals surface area (Å²) in [6.07, 6.45) is 0. The molecule has 0 saturated heterocycles. The predicted octanol–water partition coefficient (Wildman–Crippen LogP) is 4.34. The van der Waals surface area contributed by atoms with Gasteiger partial charge in [-0.3, -0.25) is 0 Å².